The minimum Gasteiger partial charge on any atom is -0.339 e. The highest BCUT2D eigenvalue weighted by atomic mass is 32.2. The monoisotopic (exact) mass is 486 g/mol. The molecule has 0 bridgehead atoms. The van der Waals surface area contributed by atoms with Gasteiger partial charge in [0.1, 0.15) is 4.90 Å². The zero-order valence-corrected chi connectivity index (χ0v) is 20.0. The summed E-state index contributed by atoms with van der Waals surface area (Å²) in [5, 5.41) is 3.07. The molecule has 5 rings (SSSR count). The molecule has 8 heteroatoms. The van der Waals surface area contributed by atoms with E-state index in [9.17, 15) is 13.2 Å². The molecule has 0 unspecified atom stereocenters. The molecule has 1 saturated heterocycles. The molecule has 0 atom stereocenters. The standard InChI is InChI=1S/C27H26N4O3S/c32-27(31-19-17-30(18-20-31)16-6-9-21-7-2-1-3-8-21)22-12-14-23(15-13-22)28-26-24-10-4-5-11-25(24)35(33,34)29-26/h1-15H,16-20H2,(H,28,29)/b9-6+. The molecule has 0 aliphatic carbocycles. The first-order chi connectivity index (χ1) is 17.0. The zero-order valence-electron chi connectivity index (χ0n) is 19.2. The Bertz CT molecular complexity index is 1380. The van der Waals surface area contributed by atoms with Gasteiger partial charge in [0.05, 0.1) is 0 Å². The molecule has 3 aromatic carbocycles. The first kappa shape index (κ1) is 23.0. The fraction of sp³-hybridized carbons (Fsp3) is 0.185. The summed E-state index contributed by atoms with van der Waals surface area (Å²) in [6.45, 7) is 3.89. The van der Waals surface area contributed by atoms with Gasteiger partial charge in [-0.15, -0.1) is 4.40 Å². The van der Waals surface area contributed by atoms with Crippen LogP contribution in [0.15, 0.2) is 94.2 Å². The second-order valence-corrected chi connectivity index (χ2v) is 10.1. The lowest BCUT2D eigenvalue weighted by Gasteiger charge is -2.34. The molecule has 2 aliphatic rings. The van der Waals surface area contributed by atoms with Gasteiger partial charge in [-0.25, -0.2) is 0 Å². The maximum absolute atomic E-state index is 13.0. The van der Waals surface area contributed by atoms with E-state index >= 15 is 0 Å². The number of nitrogens with zero attached hydrogens (tertiary/aromatic N) is 3. The molecule has 1 fully saturated rings. The van der Waals surface area contributed by atoms with E-state index in [1.807, 2.05) is 23.1 Å². The Morgan fingerprint density at radius 1 is 0.886 bits per heavy atom. The molecule has 0 saturated carbocycles. The highest BCUT2D eigenvalue weighted by molar-refractivity contribution is 7.90. The van der Waals surface area contributed by atoms with E-state index in [1.165, 1.54) is 5.56 Å². The van der Waals surface area contributed by atoms with Gasteiger partial charge in [-0.2, -0.15) is 8.42 Å². The average molecular weight is 487 g/mol. The third-order valence-electron chi connectivity index (χ3n) is 6.16. The van der Waals surface area contributed by atoms with Crippen LogP contribution >= 0.6 is 0 Å². The summed E-state index contributed by atoms with van der Waals surface area (Å²) in [5.74, 6) is 0.291. The number of hydrogen-bond donors (Lipinski definition) is 1. The molecule has 1 amide bonds. The lowest BCUT2D eigenvalue weighted by atomic mass is 10.1. The van der Waals surface area contributed by atoms with Crippen molar-refractivity contribution in [2.75, 3.05) is 38.0 Å². The second kappa shape index (κ2) is 9.85. The molecule has 1 N–H and O–H groups in total. The second-order valence-electron chi connectivity index (χ2n) is 8.52. The van der Waals surface area contributed by atoms with E-state index in [0.717, 1.165) is 19.6 Å². The van der Waals surface area contributed by atoms with Gasteiger partial charge in [-0.1, -0.05) is 54.6 Å². The minimum absolute atomic E-state index is 0.00200. The molecule has 178 valence electrons. The maximum atomic E-state index is 13.0. The van der Waals surface area contributed by atoms with Crippen molar-refractivity contribution in [2.45, 2.75) is 4.90 Å². The van der Waals surface area contributed by atoms with Crippen molar-refractivity contribution in [1.82, 2.24) is 9.80 Å². The average Bonchev–Trinajstić information content (AvgIpc) is 3.15. The Kier molecular flexibility index (Phi) is 6.48. The molecule has 0 spiro atoms. The molecule has 0 radical (unpaired) electrons. The maximum Gasteiger partial charge on any atom is 0.285 e. The predicted octanol–water partition coefficient (Wildman–Crippen LogP) is 3.72. The van der Waals surface area contributed by atoms with Gasteiger partial charge in [0.15, 0.2) is 5.84 Å². The van der Waals surface area contributed by atoms with Crippen molar-refractivity contribution in [2.24, 2.45) is 4.40 Å². The molecule has 2 heterocycles. The van der Waals surface area contributed by atoms with Crippen LogP contribution < -0.4 is 5.32 Å². The van der Waals surface area contributed by atoms with Gasteiger partial charge in [0.25, 0.3) is 15.9 Å². The van der Waals surface area contributed by atoms with Gasteiger partial charge in [0.2, 0.25) is 0 Å². The third kappa shape index (κ3) is 5.18. The number of rotatable bonds is 5. The molecule has 2 aliphatic heterocycles. The number of fused-ring (bicyclic) bond motifs is 1. The number of hydrogen-bond acceptors (Lipinski definition) is 5. The van der Waals surface area contributed by atoms with Crippen LogP contribution in [0.2, 0.25) is 0 Å². The Morgan fingerprint density at radius 3 is 2.31 bits per heavy atom. The van der Waals surface area contributed by atoms with Crippen molar-refractivity contribution in [1.29, 1.82) is 0 Å². The number of amidine groups is 1. The quantitative estimate of drug-likeness (QED) is 0.595. The summed E-state index contributed by atoms with van der Waals surface area (Å²) in [7, 11) is -3.68. The summed E-state index contributed by atoms with van der Waals surface area (Å²) in [6, 6.07) is 24.0. The fourth-order valence-electron chi connectivity index (χ4n) is 4.25. The lowest BCUT2D eigenvalue weighted by Crippen LogP contribution is -2.48. The number of carbonyl (C=O) groups excluding carboxylic acids is 1. The van der Waals surface area contributed by atoms with Crippen molar-refractivity contribution in [3.05, 3.63) is 102 Å². The van der Waals surface area contributed by atoms with Crippen molar-refractivity contribution < 1.29 is 13.2 Å². The van der Waals surface area contributed by atoms with Crippen LogP contribution in [0.3, 0.4) is 0 Å². The molecule has 0 aromatic heterocycles. The normalized spacial score (nSPS) is 17.3. The summed E-state index contributed by atoms with van der Waals surface area (Å²) >= 11 is 0. The first-order valence-corrected chi connectivity index (χ1v) is 13.0. The summed E-state index contributed by atoms with van der Waals surface area (Å²) in [4.78, 5) is 17.4. The Morgan fingerprint density at radius 2 is 1.57 bits per heavy atom. The first-order valence-electron chi connectivity index (χ1n) is 11.5. The van der Waals surface area contributed by atoms with Crippen LogP contribution in [0.4, 0.5) is 5.69 Å². The van der Waals surface area contributed by atoms with Gasteiger partial charge < -0.3 is 10.2 Å². The van der Waals surface area contributed by atoms with Crippen molar-refractivity contribution in [3.8, 4) is 0 Å². The van der Waals surface area contributed by atoms with Gasteiger partial charge >= 0.3 is 0 Å². The van der Waals surface area contributed by atoms with Crippen LogP contribution in [0.25, 0.3) is 6.08 Å². The Hall–Kier alpha value is -3.75. The highest BCUT2D eigenvalue weighted by Crippen LogP contribution is 2.26. The van der Waals surface area contributed by atoms with Crippen LogP contribution in [-0.4, -0.2) is 62.7 Å². The van der Waals surface area contributed by atoms with E-state index in [4.69, 9.17) is 0 Å². The molecule has 3 aromatic rings. The lowest BCUT2D eigenvalue weighted by molar-refractivity contribution is 0.0650. The number of piperazine rings is 1. The number of sulfonamides is 1. The van der Waals surface area contributed by atoms with Gasteiger partial charge in [-0.3, -0.25) is 9.69 Å². The number of benzene rings is 3. The van der Waals surface area contributed by atoms with E-state index in [-0.39, 0.29) is 16.6 Å². The number of amides is 1. The van der Waals surface area contributed by atoms with Crippen LogP contribution in [0.1, 0.15) is 21.5 Å². The zero-order chi connectivity index (χ0) is 24.3. The third-order valence-corrected chi connectivity index (χ3v) is 7.49. The number of anilines is 1. The van der Waals surface area contributed by atoms with Crippen molar-refractivity contribution >= 4 is 33.5 Å². The number of carbonyl (C=O) groups is 1. The topological polar surface area (TPSA) is 82.1 Å². The minimum atomic E-state index is -3.68. The number of nitrogens with one attached hydrogen (secondary N) is 1. The molecule has 35 heavy (non-hydrogen) atoms. The smallest absolute Gasteiger partial charge is 0.285 e. The SMILES string of the molecule is O=C(c1ccc(NC2=NS(=O)(=O)c3ccccc32)cc1)N1CCN(C/C=C/c2ccccc2)CC1. The summed E-state index contributed by atoms with van der Waals surface area (Å²) in [5.41, 5.74) is 3.01. The largest absolute Gasteiger partial charge is 0.339 e. The van der Waals surface area contributed by atoms with E-state index in [0.29, 0.717) is 29.9 Å². The van der Waals surface area contributed by atoms with Crippen LogP contribution in [-0.2, 0) is 10.0 Å². The molecule has 7 nitrogen and oxygen atoms in total. The Balaban J connectivity index is 1.16. The van der Waals surface area contributed by atoms with Crippen LogP contribution in [0, 0.1) is 0 Å². The van der Waals surface area contributed by atoms with Crippen LogP contribution in [0.5, 0.6) is 0 Å². The van der Waals surface area contributed by atoms with Crippen molar-refractivity contribution in [3.63, 3.8) is 0 Å². The van der Waals surface area contributed by atoms with E-state index in [1.54, 1.807) is 48.5 Å². The predicted molar refractivity (Wildman–Crippen MR) is 138 cm³/mol. The van der Waals surface area contributed by atoms with E-state index < -0.39 is 10.0 Å². The van der Waals surface area contributed by atoms with Gasteiger partial charge in [-0.05, 0) is 42.0 Å². The van der Waals surface area contributed by atoms with Gasteiger partial charge in [0, 0.05) is 49.5 Å². The molecular weight excluding hydrogens is 460 g/mol. The van der Waals surface area contributed by atoms with E-state index in [2.05, 4.69) is 38.9 Å². The summed E-state index contributed by atoms with van der Waals surface area (Å²) in [6.07, 6.45) is 4.29. The molecular formula is C27H26N4O3S. The summed E-state index contributed by atoms with van der Waals surface area (Å²) < 4.78 is 28.3. The highest BCUT2D eigenvalue weighted by Gasteiger charge is 2.28. The fourth-order valence-corrected chi connectivity index (χ4v) is 5.42. The Labute approximate surface area is 205 Å².